The number of thiocarbonyl (C=S) groups is 1. The van der Waals surface area contributed by atoms with Crippen molar-refractivity contribution in [2.75, 3.05) is 17.2 Å². The van der Waals surface area contributed by atoms with Crippen molar-refractivity contribution in [1.82, 2.24) is 0 Å². The lowest BCUT2D eigenvalue weighted by Gasteiger charge is -2.12. The van der Waals surface area contributed by atoms with E-state index >= 15 is 0 Å². The van der Waals surface area contributed by atoms with Crippen molar-refractivity contribution in [3.05, 3.63) is 70.9 Å². The fraction of sp³-hybridized carbons (Fsp3) is 0.143. The van der Waals surface area contributed by atoms with Gasteiger partial charge in [0.1, 0.15) is 16.4 Å². The van der Waals surface area contributed by atoms with Gasteiger partial charge in [0, 0.05) is 10.4 Å². The quantitative estimate of drug-likeness (QED) is 0.405. The highest BCUT2D eigenvalue weighted by atomic mass is 32.1. The van der Waals surface area contributed by atoms with Crippen molar-refractivity contribution in [3.63, 3.8) is 0 Å². The minimum Gasteiger partial charge on any atom is -0.462 e. The molecule has 144 valence electrons. The van der Waals surface area contributed by atoms with Crippen molar-refractivity contribution in [3.8, 4) is 11.1 Å². The normalized spacial score (nSPS) is 10.4. The molecule has 0 fully saturated rings. The summed E-state index contributed by atoms with van der Waals surface area (Å²) in [5.41, 5.74) is 2.41. The second-order valence-corrected chi connectivity index (χ2v) is 7.52. The minimum atomic E-state index is -0.429. The number of thiophene rings is 1. The van der Waals surface area contributed by atoms with E-state index in [1.807, 2.05) is 37.3 Å². The molecule has 0 saturated heterocycles. The van der Waals surface area contributed by atoms with E-state index in [-0.39, 0.29) is 17.4 Å². The van der Waals surface area contributed by atoms with Crippen molar-refractivity contribution in [1.29, 1.82) is 0 Å². The SMILES string of the molecule is CCOC(=O)c1c(NC(=S)Nc2ccccc2F)sc(C)c1-c1ccccc1. The molecule has 1 aromatic heterocycles. The predicted molar refractivity (Wildman–Crippen MR) is 117 cm³/mol. The molecule has 2 N–H and O–H groups in total. The Morgan fingerprint density at radius 3 is 2.46 bits per heavy atom. The van der Waals surface area contributed by atoms with Crippen LogP contribution in [0.15, 0.2) is 54.6 Å². The predicted octanol–water partition coefficient (Wildman–Crippen LogP) is 5.85. The first-order chi connectivity index (χ1) is 13.5. The van der Waals surface area contributed by atoms with Gasteiger partial charge in [-0.15, -0.1) is 11.3 Å². The van der Waals surface area contributed by atoms with Crippen LogP contribution in [-0.4, -0.2) is 17.7 Å². The number of ether oxygens (including phenoxy) is 1. The van der Waals surface area contributed by atoms with Crippen LogP contribution in [0, 0.1) is 12.7 Å². The summed E-state index contributed by atoms with van der Waals surface area (Å²) in [5, 5.41) is 6.60. The number of carbonyl (C=O) groups is 1. The van der Waals surface area contributed by atoms with E-state index in [4.69, 9.17) is 17.0 Å². The van der Waals surface area contributed by atoms with Gasteiger partial charge in [0.2, 0.25) is 0 Å². The van der Waals surface area contributed by atoms with E-state index in [1.54, 1.807) is 25.1 Å². The van der Waals surface area contributed by atoms with Gasteiger partial charge < -0.3 is 15.4 Å². The standard InChI is InChI=1S/C21H19FN2O2S2/c1-3-26-20(25)18-17(14-9-5-4-6-10-14)13(2)28-19(18)24-21(27)23-16-12-8-7-11-15(16)22/h4-12H,3H2,1-2H3,(H2,23,24,27). The molecule has 2 aromatic carbocycles. The molecule has 4 nitrogen and oxygen atoms in total. The molecule has 0 unspecified atom stereocenters. The van der Waals surface area contributed by atoms with Crippen LogP contribution in [0.4, 0.5) is 15.1 Å². The molecular weight excluding hydrogens is 395 g/mol. The number of nitrogens with one attached hydrogen (secondary N) is 2. The number of hydrogen-bond donors (Lipinski definition) is 2. The van der Waals surface area contributed by atoms with Gasteiger partial charge in [0.05, 0.1) is 12.3 Å². The molecule has 7 heteroatoms. The van der Waals surface area contributed by atoms with Crippen LogP contribution in [0.5, 0.6) is 0 Å². The largest absolute Gasteiger partial charge is 0.462 e. The summed E-state index contributed by atoms with van der Waals surface area (Å²) < 4.78 is 19.1. The van der Waals surface area contributed by atoms with Crippen LogP contribution in [0.3, 0.4) is 0 Å². The monoisotopic (exact) mass is 414 g/mol. The maximum atomic E-state index is 13.9. The van der Waals surface area contributed by atoms with Crippen LogP contribution in [-0.2, 0) is 4.74 Å². The molecule has 0 atom stereocenters. The first-order valence-corrected chi connectivity index (χ1v) is 9.92. The first-order valence-electron chi connectivity index (χ1n) is 8.69. The maximum absolute atomic E-state index is 13.9. The van der Waals surface area contributed by atoms with Crippen molar-refractivity contribution in [2.24, 2.45) is 0 Å². The molecule has 1 heterocycles. The van der Waals surface area contributed by atoms with E-state index in [1.165, 1.54) is 17.4 Å². The first kappa shape index (κ1) is 20.0. The molecule has 0 saturated carbocycles. The molecule has 0 bridgehead atoms. The summed E-state index contributed by atoms with van der Waals surface area (Å²) >= 11 is 6.72. The van der Waals surface area contributed by atoms with Crippen LogP contribution >= 0.6 is 23.6 Å². The van der Waals surface area contributed by atoms with Gasteiger partial charge in [-0.2, -0.15) is 0 Å². The van der Waals surface area contributed by atoms with Gasteiger partial charge in [-0.05, 0) is 43.8 Å². The van der Waals surface area contributed by atoms with Crippen LogP contribution in [0.2, 0.25) is 0 Å². The van der Waals surface area contributed by atoms with E-state index in [0.717, 1.165) is 16.0 Å². The summed E-state index contributed by atoms with van der Waals surface area (Å²) in [5.74, 6) is -0.841. The van der Waals surface area contributed by atoms with Crippen molar-refractivity contribution in [2.45, 2.75) is 13.8 Å². The fourth-order valence-electron chi connectivity index (χ4n) is 2.80. The molecule has 0 aliphatic carbocycles. The number of carbonyl (C=O) groups excluding carboxylic acids is 1. The third-order valence-corrected chi connectivity index (χ3v) is 5.20. The van der Waals surface area contributed by atoms with Crippen LogP contribution in [0.25, 0.3) is 11.1 Å². The highest BCUT2D eigenvalue weighted by molar-refractivity contribution is 7.80. The Kier molecular flexibility index (Phi) is 6.38. The van der Waals surface area contributed by atoms with Gasteiger partial charge in [-0.1, -0.05) is 42.5 Å². The number of rotatable bonds is 5. The number of benzene rings is 2. The van der Waals surface area contributed by atoms with E-state index < -0.39 is 11.8 Å². The average Bonchev–Trinajstić information content (AvgIpc) is 3.00. The van der Waals surface area contributed by atoms with Gasteiger partial charge in [0.15, 0.2) is 5.11 Å². The average molecular weight is 415 g/mol. The summed E-state index contributed by atoms with van der Waals surface area (Å²) in [6, 6.07) is 15.9. The highest BCUT2D eigenvalue weighted by Crippen LogP contribution is 2.40. The van der Waals surface area contributed by atoms with Crippen LogP contribution < -0.4 is 10.6 Å². The van der Waals surface area contributed by atoms with Crippen LogP contribution in [0.1, 0.15) is 22.2 Å². The van der Waals surface area contributed by atoms with E-state index in [2.05, 4.69) is 10.6 Å². The number of hydrogen-bond acceptors (Lipinski definition) is 4. The molecule has 28 heavy (non-hydrogen) atoms. The number of anilines is 2. The summed E-state index contributed by atoms with van der Waals surface area (Å²) in [4.78, 5) is 13.6. The fourth-order valence-corrected chi connectivity index (χ4v) is 4.15. The third-order valence-electron chi connectivity index (χ3n) is 3.98. The molecule has 0 aliphatic rings. The number of esters is 1. The van der Waals surface area contributed by atoms with Crippen molar-refractivity contribution < 1.29 is 13.9 Å². The second kappa shape index (κ2) is 8.95. The van der Waals surface area contributed by atoms with Gasteiger partial charge in [-0.25, -0.2) is 9.18 Å². The van der Waals surface area contributed by atoms with E-state index in [9.17, 15) is 9.18 Å². The second-order valence-electron chi connectivity index (χ2n) is 5.88. The Morgan fingerprint density at radius 1 is 1.11 bits per heavy atom. The van der Waals surface area contributed by atoms with Gasteiger partial charge in [0.25, 0.3) is 0 Å². The molecule has 0 spiro atoms. The molecule has 3 rings (SSSR count). The number of aryl methyl sites for hydroxylation is 1. The van der Waals surface area contributed by atoms with Gasteiger partial charge >= 0.3 is 5.97 Å². The lowest BCUT2D eigenvalue weighted by atomic mass is 10.0. The Labute approximate surface area is 172 Å². The zero-order valence-corrected chi connectivity index (χ0v) is 17.0. The third kappa shape index (κ3) is 4.37. The highest BCUT2D eigenvalue weighted by Gasteiger charge is 2.25. The Balaban J connectivity index is 1.95. The number of para-hydroxylation sites is 1. The summed E-state index contributed by atoms with van der Waals surface area (Å²) in [6.07, 6.45) is 0. The lowest BCUT2D eigenvalue weighted by Crippen LogP contribution is -2.20. The summed E-state index contributed by atoms with van der Waals surface area (Å²) in [7, 11) is 0. The molecule has 3 aromatic rings. The Morgan fingerprint density at radius 2 is 1.79 bits per heavy atom. The Bertz CT molecular complexity index is 1000. The Hall–Kier alpha value is -2.77. The zero-order valence-electron chi connectivity index (χ0n) is 15.4. The molecule has 0 amide bonds. The zero-order chi connectivity index (χ0) is 20.1. The van der Waals surface area contributed by atoms with Crippen molar-refractivity contribution >= 4 is 45.3 Å². The number of halogens is 1. The van der Waals surface area contributed by atoms with Gasteiger partial charge in [-0.3, -0.25) is 0 Å². The minimum absolute atomic E-state index is 0.191. The molecule has 0 radical (unpaired) electrons. The topological polar surface area (TPSA) is 50.4 Å². The molecule has 0 aliphatic heterocycles. The maximum Gasteiger partial charge on any atom is 0.341 e. The summed E-state index contributed by atoms with van der Waals surface area (Å²) in [6.45, 7) is 3.96. The van der Waals surface area contributed by atoms with E-state index in [0.29, 0.717) is 10.6 Å². The molecular formula is C21H19FN2O2S2. The lowest BCUT2D eigenvalue weighted by molar-refractivity contribution is 0.0529. The smallest absolute Gasteiger partial charge is 0.341 e.